The van der Waals surface area contributed by atoms with Gasteiger partial charge in [-0.2, -0.15) is 5.26 Å². The molecule has 0 radical (unpaired) electrons. The van der Waals surface area contributed by atoms with Crippen LogP contribution in [0.25, 0.3) is 0 Å². The Labute approximate surface area is 62.8 Å². The van der Waals surface area contributed by atoms with E-state index in [1.54, 1.807) is 6.92 Å². The number of primary amides is 1. The maximum absolute atomic E-state index is 10.5. The molecule has 56 valence electrons. The van der Waals surface area contributed by atoms with Gasteiger partial charge in [-0.25, -0.2) is 4.98 Å². The van der Waals surface area contributed by atoms with Gasteiger partial charge in [0.15, 0.2) is 11.5 Å². The number of imidazole rings is 1. The van der Waals surface area contributed by atoms with Crippen molar-refractivity contribution in [2.75, 3.05) is 0 Å². The number of amides is 1. The maximum atomic E-state index is 10.5. The predicted octanol–water partition coefficient (Wildman–Crippen LogP) is -0.311. The van der Waals surface area contributed by atoms with Crippen molar-refractivity contribution < 1.29 is 4.79 Å². The van der Waals surface area contributed by atoms with Gasteiger partial charge in [-0.15, -0.1) is 0 Å². The highest BCUT2D eigenvalue weighted by Crippen LogP contribution is 2.01. The van der Waals surface area contributed by atoms with Crippen molar-refractivity contribution in [3.05, 3.63) is 17.2 Å². The lowest BCUT2D eigenvalue weighted by Gasteiger charge is -1.82. The van der Waals surface area contributed by atoms with E-state index in [4.69, 9.17) is 11.0 Å². The lowest BCUT2D eigenvalue weighted by atomic mass is 10.4. The van der Waals surface area contributed by atoms with E-state index in [9.17, 15) is 4.79 Å². The standard InChI is InChI=1S/C6H6N4O/c1-3-4(2-7)10-6(9-3)5(8)11/h1H3,(H2,8,11)(H,9,10). The van der Waals surface area contributed by atoms with E-state index in [0.29, 0.717) is 5.69 Å². The van der Waals surface area contributed by atoms with E-state index in [0.717, 1.165) is 0 Å². The van der Waals surface area contributed by atoms with Crippen molar-refractivity contribution >= 4 is 5.91 Å². The molecule has 1 aromatic rings. The molecule has 1 rings (SSSR count). The van der Waals surface area contributed by atoms with E-state index in [1.807, 2.05) is 6.07 Å². The van der Waals surface area contributed by atoms with Crippen LogP contribution in [-0.2, 0) is 0 Å². The number of hydrogen-bond acceptors (Lipinski definition) is 3. The molecule has 5 nitrogen and oxygen atoms in total. The Hall–Kier alpha value is -1.83. The number of H-pyrrole nitrogens is 1. The van der Waals surface area contributed by atoms with E-state index in [-0.39, 0.29) is 11.5 Å². The number of nitriles is 1. The highest BCUT2D eigenvalue weighted by Gasteiger charge is 2.08. The summed E-state index contributed by atoms with van der Waals surface area (Å²) in [6, 6.07) is 1.82. The van der Waals surface area contributed by atoms with Crippen LogP contribution in [0, 0.1) is 18.3 Å². The first-order valence-corrected chi connectivity index (χ1v) is 2.91. The average molecular weight is 150 g/mol. The fourth-order valence-corrected chi connectivity index (χ4v) is 0.686. The zero-order valence-corrected chi connectivity index (χ0v) is 5.88. The summed E-state index contributed by atoms with van der Waals surface area (Å²) in [5.41, 5.74) is 5.67. The zero-order chi connectivity index (χ0) is 8.43. The number of nitrogens with one attached hydrogen (secondary N) is 1. The van der Waals surface area contributed by atoms with Crippen molar-refractivity contribution in [1.29, 1.82) is 5.26 Å². The molecule has 0 saturated carbocycles. The molecular formula is C6H6N4O. The summed E-state index contributed by atoms with van der Waals surface area (Å²) < 4.78 is 0. The minimum Gasteiger partial charge on any atom is -0.363 e. The van der Waals surface area contributed by atoms with Crippen molar-refractivity contribution in [2.24, 2.45) is 5.73 Å². The van der Waals surface area contributed by atoms with Crippen molar-refractivity contribution in [1.82, 2.24) is 9.97 Å². The third kappa shape index (κ3) is 1.19. The Kier molecular flexibility index (Phi) is 1.60. The number of nitrogens with zero attached hydrogens (tertiary/aromatic N) is 2. The maximum Gasteiger partial charge on any atom is 0.284 e. The quantitative estimate of drug-likeness (QED) is 0.574. The van der Waals surface area contributed by atoms with Crippen LogP contribution in [0.15, 0.2) is 0 Å². The van der Waals surface area contributed by atoms with Crippen LogP contribution in [0.4, 0.5) is 0 Å². The van der Waals surface area contributed by atoms with Gasteiger partial charge in [0, 0.05) is 0 Å². The fourth-order valence-electron chi connectivity index (χ4n) is 0.686. The number of aromatic amines is 1. The summed E-state index contributed by atoms with van der Waals surface area (Å²) in [6.07, 6.45) is 0. The third-order valence-corrected chi connectivity index (χ3v) is 1.22. The Morgan fingerprint density at radius 2 is 2.45 bits per heavy atom. The van der Waals surface area contributed by atoms with Crippen LogP contribution < -0.4 is 5.73 Å². The second-order valence-corrected chi connectivity index (χ2v) is 2.04. The summed E-state index contributed by atoms with van der Waals surface area (Å²) in [5.74, 6) is -0.631. The summed E-state index contributed by atoms with van der Waals surface area (Å²) in [7, 11) is 0. The first-order valence-electron chi connectivity index (χ1n) is 2.91. The molecule has 0 spiro atoms. The first kappa shape index (κ1) is 7.28. The monoisotopic (exact) mass is 150 g/mol. The van der Waals surface area contributed by atoms with Gasteiger partial charge in [0.2, 0.25) is 0 Å². The van der Waals surface area contributed by atoms with E-state index >= 15 is 0 Å². The lowest BCUT2D eigenvalue weighted by Crippen LogP contribution is -2.12. The van der Waals surface area contributed by atoms with Gasteiger partial charge in [-0.1, -0.05) is 0 Å². The molecule has 0 aliphatic rings. The predicted molar refractivity (Wildman–Crippen MR) is 36.6 cm³/mol. The van der Waals surface area contributed by atoms with Gasteiger partial charge < -0.3 is 10.7 Å². The minimum absolute atomic E-state index is 0.0269. The number of aryl methyl sites for hydroxylation is 1. The van der Waals surface area contributed by atoms with Crippen LogP contribution >= 0.6 is 0 Å². The molecule has 0 aromatic carbocycles. The van der Waals surface area contributed by atoms with Crippen LogP contribution in [0.2, 0.25) is 0 Å². The molecule has 1 amide bonds. The van der Waals surface area contributed by atoms with Crippen molar-refractivity contribution in [3.8, 4) is 6.07 Å². The lowest BCUT2D eigenvalue weighted by molar-refractivity contribution is 0.0991. The summed E-state index contributed by atoms with van der Waals surface area (Å²) in [4.78, 5) is 16.7. The normalized spacial score (nSPS) is 9.09. The Bertz CT molecular complexity index is 333. The molecule has 11 heavy (non-hydrogen) atoms. The second-order valence-electron chi connectivity index (χ2n) is 2.04. The molecule has 0 bridgehead atoms. The van der Waals surface area contributed by atoms with Crippen molar-refractivity contribution in [2.45, 2.75) is 6.92 Å². The molecule has 0 fully saturated rings. The number of carbonyl (C=O) groups is 1. The zero-order valence-electron chi connectivity index (χ0n) is 5.88. The molecule has 1 heterocycles. The van der Waals surface area contributed by atoms with Crippen LogP contribution in [-0.4, -0.2) is 15.9 Å². The van der Waals surface area contributed by atoms with E-state index in [2.05, 4.69) is 9.97 Å². The molecule has 5 heteroatoms. The molecule has 0 unspecified atom stereocenters. The van der Waals surface area contributed by atoms with Gasteiger partial charge in [0.05, 0.1) is 5.69 Å². The highest BCUT2D eigenvalue weighted by molar-refractivity contribution is 5.89. The van der Waals surface area contributed by atoms with Crippen LogP contribution in [0.5, 0.6) is 0 Å². The van der Waals surface area contributed by atoms with Crippen molar-refractivity contribution in [3.63, 3.8) is 0 Å². The molecule has 1 aromatic heterocycles. The third-order valence-electron chi connectivity index (χ3n) is 1.22. The Morgan fingerprint density at radius 1 is 1.82 bits per heavy atom. The summed E-state index contributed by atoms with van der Waals surface area (Å²) in [5, 5.41) is 8.43. The van der Waals surface area contributed by atoms with Crippen LogP contribution in [0.1, 0.15) is 22.0 Å². The summed E-state index contributed by atoms with van der Waals surface area (Å²) >= 11 is 0. The highest BCUT2D eigenvalue weighted by atomic mass is 16.1. The number of hydrogen-bond donors (Lipinski definition) is 2. The second kappa shape index (κ2) is 2.42. The first-order chi connectivity index (χ1) is 5.15. The van der Waals surface area contributed by atoms with Gasteiger partial charge in [-0.05, 0) is 6.92 Å². The topological polar surface area (TPSA) is 95.6 Å². The number of nitrogens with two attached hydrogens (primary N) is 1. The molecule has 3 N–H and O–H groups in total. The molecule has 0 aliphatic heterocycles. The number of rotatable bonds is 1. The number of aromatic nitrogens is 2. The molecular weight excluding hydrogens is 144 g/mol. The largest absolute Gasteiger partial charge is 0.363 e. The number of carbonyl (C=O) groups excluding carboxylic acids is 1. The average Bonchev–Trinajstić information content (AvgIpc) is 2.31. The van der Waals surface area contributed by atoms with Gasteiger partial charge in [-0.3, -0.25) is 4.79 Å². The summed E-state index contributed by atoms with van der Waals surface area (Å²) in [6.45, 7) is 1.65. The molecule has 0 saturated heterocycles. The smallest absolute Gasteiger partial charge is 0.284 e. The molecule has 0 atom stereocenters. The van der Waals surface area contributed by atoms with Gasteiger partial charge in [0.25, 0.3) is 5.91 Å². The Morgan fingerprint density at radius 3 is 2.73 bits per heavy atom. The fraction of sp³-hybridized carbons (Fsp3) is 0.167. The van der Waals surface area contributed by atoms with E-state index < -0.39 is 5.91 Å². The Balaban J connectivity index is 3.18. The van der Waals surface area contributed by atoms with E-state index in [1.165, 1.54) is 0 Å². The van der Waals surface area contributed by atoms with Crippen LogP contribution in [0.3, 0.4) is 0 Å². The van der Waals surface area contributed by atoms with Gasteiger partial charge >= 0.3 is 0 Å². The SMILES string of the molecule is Cc1[nH]c(C(N)=O)nc1C#N. The molecule has 0 aliphatic carbocycles. The minimum atomic E-state index is -0.658. The van der Waals surface area contributed by atoms with Gasteiger partial charge in [0.1, 0.15) is 6.07 Å².